The van der Waals surface area contributed by atoms with Crippen LogP contribution in [0, 0.1) is 12.8 Å². The predicted molar refractivity (Wildman–Crippen MR) is 195 cm³/mol. The van der Waals surface area contributed by atoms with Crippen LogP contribution in [0.15, 0.2) is 58.5 Å². The number of nitrogens with one attached hydrogen (secondary N) is 2. The fraction of sp³-hybridized carbons (Fsp3) is 0.400. The number of halogens is 10. The second-order valence-corrected chi connectivity index (χ2v) is 15.6. The summed E-state index contributed by atoms with van der Waals surface area (Å²) in [6.45, 7) is 4.28. The Bertz CT molecular complexity index is 2240. The lowest BCUT2D eigenvalue weighted by molar-refractivity contribution is -0.193. The molecule has 2 aliphatic rings. The molecule has 0 aliphatic carbocycles. The van der Waals surface area contributed by atoms with E-state index in [1.807, 2.05) is 6.20 Å². The van der Waals surface area contributed by atoms with Crippen LogP contribution in [-0.2, 0) is 43.8 Å². The molecule has 4 aromatic rings. The quantitative estimate of drug-likeness (QED) is 0.111. The summed E-state index contributed by atoms with van der Waals surface area (Å²) < 4.78 is 131. The summed E-state index contributed by atoms with van der Waals surface area (Å²) in [6.07, 6.45) is -7.43. The number of carbonyl (C=O) groups is 3. The first-order valence-electron chi connectivity index (χ1n) is 17.4. The Hall–Kier alpha value is -5.20. The number of aryl methyl sites for hydroxylation is 3. The van der Waals surface area contributed by atoms with E-state index in [1.54, 1.807) is 23.6 Å². The molecular weight excluding hydrogens is 867 g/mol. The largest absolute Gasteiger partial charge is 0.458 e. The number of rotatable bonds is 7. The molecule has 2 N–H and O–H groups in total. The smallest absolute Gasteiger partial charge is 0.360 e. The number of benzene rings is 1. The molecule has 6 rings (SSSR count). The number of carbonyl (C=O) groups excluding carboxylic acids is 3. The molecule has 0 unspecified atom stereocenters. The molecule has 326 valence electrons. The molecule has 3 aromatic heterocycles. The lowest BCUT2D eigenvalue weighted by Crippen LogP contribution is -2.41. The monoisotopic (exact) mass is 900 g/mol. The Morgan fingerprint density at radius 3 is 2.13 bits per heavy atom. The number of pyridine rings is 1. The minimum Gasteiger partial charge on any atom is -0.360 e. The van der Waals surface area contributed by atoms with Gasteiger partial charge in [-0.2, -0.15) is 48.8 Å². The highest BCUT2D eigenvalue weighted by atomic mass is 35.5. The van der Waals surface area contributed by atoms with Gasteiger partial charge in [0.2, 0.25) is 22.3 Å². The second kappa shape index (κ2) is 19.5. The average Bonchev–Trinajstić information content (AvgIpc) is 3.62. The Morgan fingerprint density at radius 2 is 1.57 bits per heavy atom. The molecule has 0 saturated carbocycles. The Morgan fingerprint density at radius 1 is 0.933 bits per heavy atom. The van der Waals surface area contributed by atoms with Crippen molar-refractivity contribution in [2.45, 2.75) is 62.6 Å². The van der Waals surface area contributed by atoms with E-state index in [1.165, 1.54) is 17.3 Å². The predicted octanol–water partition coefficient (Wildman–Crippen LogP) is 6.94. The topological polar surface area (TPSA) is 181 Å². The maximum atomic E-state index is 13.0. The van der Waals surface area contributed by atoms with E-state index in [2.05, 4.69) is 67.0 Å². The van der Waals surface area contributed by atoms with E-state index < -0.39 is 46.4 Å². The van der Waals surface area contributed by atoms with Crippen molar-refractivity contribution in [3.05, 3.63) is 76.5 Å². The summed E-state index contributed by atoms with van der Waals surface area (Å²) in [5.74, 6) is -5.11. The van der Waals surface area contributed by atoms with Crippen molar-refractivity contribution < 1.29 is 66.8 Å². The van der Waals surface area contributed by atoms with Crippen LogP contribution in [0.25, 0.3) is 0 Å². The summed E-state index contributed by atoms with van der Waals surface area (Å²) in [5.41, 5.74) is 5.33. The third kappa shape index (κ3) is 13.4. The SMILES string of the molecule is Cc1oncc1S(=O)(=O)N1CCC(CN(C)Cc2ccc3cc2CCc2cncc(c2)Nc2ncc(Cl)c(n2)N3)CC1.O=C(C(=O)C(F)(F)F)C(F)(F)F.O=CC(F)(F)F. The highest BCUT2D eigenvalue weighted by Gasteiger charge is 2.54. The third-order valence-corrected chi connectivity index (χ3v) is 11.0. The number of alkyl halides is 9. The standard InChI is InChI=1S/C29H33ClN8O3S.C4F6O2.C2HF3O/c1-19-27(16-33-41-19)42(39,40)38-9-7-20(8-10-38)17-37(2)18-23-5-6-24-12-22(23)4-3-21-11-25(14-31-13-21)35-29-32-15-26(30)28(34-24)36-29;5-3(6,7)1(11)2(12)4(8,9)10;3-2(4,5)1-6/h5-6,11-16,20H,3-4,7-10,17-18H2,1-2H3,(H2,32,34,35,36);;1H. The van der Waals surface area contributed by atoms with Gasteiger partial charge in [0, 0.05) is 38.1 Å². The number of sulfonamides is 1. The molecule has 0 atom stereocenters. The maximum absolute atomic E-state index is 13.0. The lowest BCUT2D eigenvalue weighted by atomic mass is 9.96. The van der Waals surface area contributed by atoms with Crippen LogP contribution in [-0.4, -0.2) is 101 Å². The number of nitrogens with zero attached hydrogens (tertiary/aromatic N) is 6. The molecule has 1 fully saturated rings. The highest BCUT2D eigenvalue weighted by molar-refractivity contribution is 7.89. The minimum absolute atomic E-state index is 0.159. The van der Waals surface area contributed by atoms with Gasteiger partial charge in [0.05, 0.1) is 24.3 Å². The number of anilines is 4. The summed E-state index contributed by atoms with van der Waals surface area (Å²) in [5, 5.41) is 10.7. The normalized spacial score (nSPS) is 15.0. The number of hydrogen-bond donors (Lipinski definition) is 2. The molecule has 0 amide bonds. The summed E-state index contributed by atoms with van der Waals surface area (Å²) in [6, 6.07) is 8.45. The van der Waals surface area contributed by atoms with Gasteiger partial charge in [-0.1, -0.05) is 22.8 Å². The van der Waals surface area contributed by atoms with Crippen LogP contribution in [0.2, 0.25) is 5.02 Å². The molecule has 60 heavy (non-hydrogen) atoms. The number of aldehydes is 1. The van der Waals surface area contributed by atoms with Gasteiger partial charge in [-0.3, -0.25) is 19.4 Å². The zero-order chi connectivity index (χ0) is 44.6. The van der Waals surface area contributed by atoms with Crippen molar-refractivity contribution in [2.75, 3.05) is 37.3 Å². The lowest BCUT2D eigenvalue weighted by Gasteiger charge is -2.33. The zero-order valence-electron chi connectivity index (χ0n) is 31.3. The number of hydrogen-bond acceptors (Lipinski definition) is 13. The number of ketones is 2. The highest BCUT2D eigenvalue weighted by Crippen LogP contribution is 2.30. The molecule has 6 bridgehead atoms. The Balaban J connectivity index is 0.000000370. The van der Waals surface area contributed by atoms with E-state index in [9.17, 15) is 57.5 Å². The molecule has 0 radical (unpaired) electrons. The molecular formula is C35H34ClF9N8O6S. The van der Waals surface area contributed by atoms with Crippen molar-refractivity contribution >= 4 is 62.6 Å². The summed E-state index contributed by atoms with van der Waals surface area (Å²) >= 11 is 6.41. The van der Waals surface area contributed by atoms with Gasteiger partial charge in [0.15, 0.2) is 11.6 Å². The van der Waals surface area contributed by atoms with E-state index in [4.69, 9.17) is 20.9 Å². The Labute approximate surface area is 340 Å². The van der Waals surface area contributed by atoms with E-state index in [0.29, 0.717) is 41.6 Å². The summed E-state index contributed by atoms with van der Waals surface area (Å²) in [4.78, 5) is 43.7. The third-order valence-electron chi connectivity index (χ3n) is 8.71. The molecule has 1 aromatic carbocycles. The number of Topliss-reactive ketones (excluding diaryl/α,β-unsaturated/α-hetero) is 2. The first kappa shape index (κ1) is 47.5. The van der Waals surface area contributed by atoms with Crippen LogP contribution in [0.1, 0.15) is 35.3 Å². The first-order valence-corrected chi connectivity index (χ1v) is 19.2. The van der Waals surface area contributed by atoms with Gasteiger partial charge in [-0.05, 0) is 80.5 Å². The second-order valence-electron chi connectivity index (χ2n) is 13.3. The molecule has 1 saturated heterocycles. The zero-order valence-corrected chi connectivity index (χ0v) is 32.8. The number of fused-ring (bicyclic) bond motifs is 6. The molecule has 5 heterocycles. The van der Waals surface area contributed by atoms with Gasteiger partial charge in [-0.25, -0.2) is 13.4 Å². The van der Waals surface area contributed by atoms with Gasteiger partial charge >= 0.3 is 30.1 Å². The van der Waals surface area contributed by atoms with E-state index in [-0.39, 0.29) is 4.90 Å². The molecule has 25 heteroatoms. The molecule has 14 nitrogen and oxygen atoms in total. The van der Waals surface area contributed by atoms with E-state index >= 15 is 0 Å². The van der Waals surface area contributed by atoms with Gasteiger partial charge in [-0.15, -0.1) is 0 Å². The van der Waals surface area contributed by atoms with Crippen molar-refractivity contribution in [2.24, 2.45) is 5.92 Å². The molecule has 2 aliphatic heterocycles. The van der Waals surface area contributed by atoms with Gasteiger partial charge in [0.1, 0.15) is 9.92 Å². The van der Waals surface area contributed by atoms with Crippen LogP contribution in [0.3, 0.4) is 0 Å². The number of aromatic nitrogens is 4. The van der Waals surface area contributed by atoms with Crippen LogP contribution < -0.4 is 10.6 Å². The van der Waals surface area contributed by atoms with Crippen molar-refractivity contribution in [1.82, 2.24) is 29.3 Å². The van der Waals surface area contributed by atoms with Crippen LogP contribution in [0.4, 0.5) is 62.7 Å². The number of piperidine rings is 1. The average molecular weight is 901 g/mol. The Kier molecular flexibility index (Phi) is 15.4. The maximum Gasteiger partial charge on any atom is 0.458 e. The van der Waals surface area contributed by atoms with E-state index in [0.717, 1.165) is 55.7 Å². The molecule has 0 spiro atoms. The fourth-order valence-electron chi connectivity index (χ4n) is 5.91. The van der Waals surface area contributed by atoms with Gasteiger partial charge < -0.3 is 20.1 Å². The van der Waals surface area contributed by atoms with Gasteiger partial charge in [0.25, 0.3) is 0 Å². The first-order chi connectivity index (χ1) is 27.9. The van der Waals surface area contributed by atoms with Crippen LogP contribution >= 0.6 is 11.6 Å². The van der Waals surface area contributed by atoms with Crippen molar-refractivity contribution in [1.29, 1.82) is 0 Å². The van der Waals surface area contributed by atoms with Crippen molar-refractivity contribution in [3.63, 3.8) is 0 Å². The van der Waals surface area contributed by atoms with Crippen LogP contribution in [0.5, 0.6) is 0 Å². The minimum atomic E-state index is -5.77. The van der Waals surface area contributed by atoms with Crippen molar-refractivity contribution in [3.8, 4) is 0 Å². The summed E-state index contributed by atoms with van der Waals surface area (Å²) in [7, 11) is -1.45. The fourth-order valence-corrected chi connectivity index (χ4v) is 7.59.